The SMILES string of the molecule is Cc1cc(N)c(C)c(S(=O)(=O)N2CC(C)CC2C)c1C. The lowest BCUT2D eigenvalue weighted by molar-refractivity contribution is 0.405. The number of anilines is 1. The Morgan fingerprint density at radius 3 is 2.30 bits per heavy atom. The van der Waals surface area contributed by atoms with E-state index in [0.29, 0.717) is 28.6 Å². The summed E-state index contributed by atoms with van der Waals surface area (Å²) in [7, 11) is -3.47. The van der Waals surface area contributed by atoms with Crippen molar-refractivity contribution in [3.63, 3.8) is 0 Å². The van der Waals surface area contributed by atoms with Gasteiger partial charge in [-0.3, -0.25) is 0 Å². The highest BCUT2D eigenvalue weighted by Gasteiger charge is 2.38. The van der Waals surface area contributed by atoms with Gasteiger partial charge < -0.3 is 5.73 Å². The van der Waals surface area contributed by atoms with E-state index in [0.717, 1.165) is 17.5 Å². The first-order valence-corrected chi connectivity index (χ1v) is 8.48. The van der Waals surface area contributed by atoms with Crippen LogP contribution in [0.1, 0.15) is 37.0 Å². The van der Waals surface area contributed by atoms with Crippen molar-refractivity contribution in [2.45, 2.75) is 52.0 Å². The Kier molecular flexibility index (Phi) is 3.86. The standard InChI is InChI=1S/C15H24N2O2S/c1-9-6-11(3)17(8-9)20(18,19)15-12(4)10(2)7-14(16)13(15)5/h7,9,11H,6,8,16H2,1-5H3. The van der Waals surface area contributed by atoms with E-state index in [2.05, 4.69) is 6.92 Å². The van der Waals surface area contributed by atoms with Gasteiger partial charge in [0.15, 0.2) is 0 Å². The molecule has 4 nitrogen and oxygen atoms in total. The van der Waals surface area contributed by atoms with Crippen LogP contribution in [0.5, 0.6) is 0 Å². The molecular weight excluding hydrogens is 272 g/mol. The largest absolute Gasteiger partial charge is 0.398 e. The van der Waals surface area contributed by atoms with E-state index in [4.69, 9.17) is 5.73 Å². The first-order valence-electron chi connectivity index (χ1n) is 7.04. The van der Waals surface area contributed by atoms with E-state index in [9.17, 15) is 8.42 Å². The highest BCUT2D eigenvalue weighted by molar-refractivity contribution is 7.89. The van der Waals surface area contributed by atoms with Crippen LogP contribution in [0.25, 0.3) is 0 Å². The summed E-state index contributed by atoms with van der Waals surface area (Å²) in [6.45, 7) is 10.2. The molecule has 1 aliphatic heterocycles. The molecule has 1 aromatic rings. The van der Waals surface area contributed by atoms with Crippen molar-refractivity contribution in [1.82, 2.24) is 4.31 Å². The van der Waals surface area contributed by atoms with Gasteiger partial charge in [-0.25, -0.2) is 8.42 Å². The van der Waals surface area contributed by atoms with Crippen molar-refractivity contribution >= 4 is 15.7 Å². The van der Waals surface area contributed by atoms with Crippen LogP contribution in [0.4, 0.5) is 5.69 Å². The highest BCUT2D eigenvalue weighted by Crippen LogP contribution is 2.34. The van der Waals surface area contributed by atoms with Crippen LogP contribution < -0.4 is 5.73 Å². The Bertz CT molecular complexity index is 612. The normalized spacial score (nSPS) is 24.2. The third kappa shape index (κ3) is 2.33. The van der Waals surface area contributed by atoms with Crippen molar-refractivity contribution in [2.24, 2.45) is 5.92 Å². The zero-order valence-corrected chi connectivity index (χ0v) is 13.7. The number of hydrogen-bond donors (Lipinski definition) is 1. The number of benzene rings is 1. The third-order valence-corrected chi connectivity index (χ3v) is 6.63. The van der Waals surface area contributed by atoms with Crippen molar-refractivity contribution in [3.05, 3.63) is 22.8 Å². The van der Waals surface area contributed by atoms with Crippen LogP contribution >= 0.6 is 0 Å². The summed E-state index contributed by atoms with van der Waals surface area (Å²) in [6.07, 6.45) is 0.915. The maximum absolute atomic E-state index is 13.0. The number of hydrogen-bond acceptors (Lipinski definition) is 3. The molecule has 0 amide bonds. The molecule has 1 aromatic carbocycles. The fourth-order valence-corrected chi connectivity index (χ4v) is 5.44. The zero-order valence-electron chi connectivity index (χ0n) is 12.9. The Morgan fingerprint density at radius 1 is 1.20 bits per heavy atom. The summed E-state index contributed by atoms with van der Waals surface area (Å²) in [5.74, 6) is 0.405. The maximum atomic E-state index is 13.0. The van der Waals surface area contributed by atoms with E-state index in [1.54, 1.807) is 11.2 Å². The van der Waals surface area contributed by atoms with Gasteiger partial charge >= 0.3 is 0 Å². The molecule has 0 spiro atoms. The quantitative estimate of drug-likeness (QED) is 0.853. The van der Waals surface area contributed by atoms with Gasteiger partial charge in [-0.05, 0) is 62.8 Å². The number of nitrogens with zero attached hydrogens (tertiary/aromatic N) is 1. The molecule has 1 heterocycles. The Morgan fingerprint density at radius 2 is 1.80 bits per heavy atom. The smallest absolute Gasteiger partial charge is 0.243 e. The lowest BCUT2D eigenvalue weighted by atomic mass is 10.1. The molecule has 1 aliphatic rings. The van der Waals surface area contributed by atoms with Crippen LogP contribution in [0, 0.1) is 26.7 Å². The minimum absolute atomic E-state index is 0.0514. The molecule has 112 valence electrons. The topological polar surface area (TPSA) is 63.4 Å². The van der Waals surface area contributed by atoms with Crippen LogP contribution in [0.15, 0.2) is 11.0 Å². The molecule has 1 saturated heterocycles. The van der Waals surface area contributed by atoms with Gasteiger partial charge in [0.2, 0.25) is 10.0 Å². The number of rotatable bonds is 2. The van der Waals surface area contributed by atoms with E-state index in [1.807, 2.05) is 26.8 Å². The number of nitrogen functional groups attached to an aromatic ring is 1. The van der Waals surface area contributed by atoms with Gasteiger partial charge in [-0.15, -0.1) is 0 Å². The van der Waals surface area contributed by atoms with Crippen molar-refractivity contribution in [2.75, 3.05) is 12.3 Å². The molecule has 5 heteroatoms. The lowest BCUT2D eigenvalue weighted by Gasteiger charge is -2.24. The maximum Gasteiger partial charge on any atom is 0.243 e. The predicted octanol–water partition coefficient (Wildman–Crippen LogP) is 2.61. The molecule has 1 fully saturated rings. The molecule has 2 rings (SSSR count). The molecular formula is C15H24N2O2S. The lowest BCUT2D eigenvalue weighted by Crippen LogP contribution is -2.35. The van der Waals surface area contributed by atoms with E-state index in [1.165, 1.54) is 0 Å². The molecule has 20 heavy (non-hydrogen) atoms. The van der Waals surface area contributed by atoms with E-state index in [-0.39, 0.29) is 6.04 Å². The number of sulfonamides is 1. The summed E-state index contributed by atoms with van der Waals surface area (Å²) < 4.78 is 27.6. The molecule has 2 N–H and O–H groups in total. The van der Waals surface area contributed by atoms with Gasteiger partial charge in [-0.2, -0.15) is 4.31 Å². The van der Waals surface area contributed by atoms with Crippen LogP contribution in [-0.2, 0) is 10.0 Å². The van der Waals surface area contributed by atoms with Gasteiger partial charge in [-0.1, -0.05) is 6.92 Å². The van der Waals surface area contributed by atoms with Crippen molar-refractivity contribution in [1.29, 1.82) is 0 Å². The Balaban J connectivity index is 2.61. The van der Waals surface area contributed by atoms with Gasteiger partial charge in [0.25, 0.3) is 0 Å². The first kappa shape index (κ1) is 15.3. The fourth-order valence-electron chi connectivity index (χ4n) is 3.14. The average Bonchev–Trinajstić information content (AvgIpc) is 2.67. The van der Waals surface area contributed by atoms with Gasteiger partial charge in [0, 0.05) is 18.3 Å². The molecule has 0 saturated carbocycles. The monoisotopic (exact) mass is 296 g/mol. The number of aryl methyl sites for hydroxylation is 1. The Labute approximate surface area is 122 Å². The average molecular weight is 296 g/mol. The first-order chi connectivity index (χ1) is 9.16. The highest BCUT2D eigenvalue weighted by atomic mass is 32.2. The van der Waals surface area contributed by atoms with Crippen LogP contribution in [-0.4, -0.2) is 25.3 Å². The summed E-state index contributed by atoms with van der Waals surface area (Å²) in [6, 6.07) is 1.90. The molecule has 2 unspecified atom stereocenters. The van der Waals surface area contributed by atoms with Crippen molar-refractivity contribution < 1.29 is 8.42 Å². The molecule has 2 atom stereocenters. The minimum atomic E-state index is -3.47. The second-order valence-corrected chi connectivity index (χ2v) is 7.95. The van der Waals surface area contributed by atoms with Crippen LogP contribution in [0.2, 0.25) is 0 Å². The third-order valence-electron chi connectivity index (χ3n) is 4.37. The number of nitrogens with two attached hydrogens (primary N) is 1. The fraction of sp³-hybridized carbons (Fsp3) is 0.600. The summed E-state index contributed by atoms with van der Waals surface area (Å²) in [4.78, 5) is 0.399. The minimum Gasteiger partial charge on any atom is -0.398 e. The molecule has 0 bridgehead atoms. The van der Waals surface area contributed by atoms with Gasteiger partial charge in [0.05, 0.1) is 4.90 Å². The second-order valence-electron chi connectivity index (χ2n) is 6.13. The summed E-state index contributed by atoms with van der Waals surface area (Å²) in [5.41, 5.74) is 8.91. The van der Waals surface area contributed by atoms with E-state index >= 15 is 0 Å². The van der Waals surface area contributed by atoms with Gasteiger partial charge in [0.1, 0.15) is 0 Å². The molecule has 0 aromatic heterocycles. The molecule has 0 aliphatic carbocycles. The van der Waals surface area contributed by atoms with Crippen molar-refractivity contribution in [3.8, 4) is 0 Å². The van der Waals surface area contributed by atoms with Crippen LogP contribution in [0.3, 0.4) is 0 Å². The zero-order chi connectivity index (χ0) is 15.2. The summed E-state index contributed by atoms with van der Waals surface area (Å²) in [5, 5.41) is 0. The molecule has 0 radical (unpaired) electrons. The van der Waals surface area contributed by atoms with E-state index < -0.39 is 10.0 Å². The Hall–Kier alpha value is -1.07. The second kappa shape index (κ2) is 5.04. The summed E-state index contributed by atoms with van der Waals surface area (Å²) >= 11 is 0. The predicted molar refractivity (Wildman–Crippen MR) is 82.2 cm³/mol.